The van der Waals surface area contributed by atoms with Gasteiger partial charge in [0.1, 0.15) is 5.82 Å². The van der Waals surface area contributed by atoms with Gasteiger partial charge in [-0.15, -0.1) is 0 Å². The molecule has 0 bridgehead atoms. The first-order chi connectivity index (χ1) is 10.3. The topological polar surface area (TPSA) is 25.2 Å². The second kappa shape index (κ2) is 4.72. The summed E-state index contributed by atoms with van der Waals surface area (Å²) in [4.78, 5) is 13.1. The predicted molar refractivity (Wildman–Crippen MR) is 77.4 cm³/mol. The van der Waals surface area contributed by atoms with E-state index in [1.807, 2.05) is 6.07 Å². The van der Waals surface area contributed by atoms with E-state index >= 15 is 0 Å². The molecule has 2 aromatic rings. The van der Waals surface area contributed by atoms with Crippen LogP contribution < -0.4 is 0 Å². The standard InChI is InChI=1S/C17H17FN2O/c18-14-4-2-1-3-13(14)17-16-8-7-15(12-5-6-12)20(16)10-9-19(17)11-21/h1-4,7-8,11-12,17H,5-6,9-10H2. The van der Waals surface area contributed by atoms with Gasteiger partial charge in [0.2, 0.25) is 6.41 Å². The van der Waals surface area contributed by atoms with Crippen molar-refractivity contribution in [2.75, 3.05) is 6.54 Å². The number of benzene rings is 1. The molecule has 1 saturated carbocycles. The summed E-state index contributed by atoms with van der Waals surface area (Å²) in [5, 5.41) is 0. The van der Waals surface area contributed by atoms with Gasteiger partial charge < -0.3 is 9.47 Å². The second-order valence-electron chi connectivity index (χ2n) is 5.88. The van der Waals surface area contributed by atoms with Crippen LogP contribution in [0.2, 0.25) is 0 Å². The van der Waals surface area contributed by atoms with Crippen molar-refractivity contribution in [2.45, 2.75) is 31.3 Å². The molecule has 1 fully saturated rings. The van der Waals surface area contributed by atoms with Crippen LogP contribution in [0, 0.1) is 5.82 Å². The lowest BCUT2D eigenvalue weighted by Gasteiger charge is -2.35. The Kier molecular flexibility index (Phi) is 2.84. The smallest absolute Gasteiger partial charge is 0.210 e. The molecule has 1 aromatic heterocycles. The highest BCUT2D eigenvalue weighted by Gasteiger charge is 2.34. The summed E-state index contributed by atoms with van der Waals surface area (Å²) >= 11 is 0. The molecule has 1 aliphatic carbocycles. The van der Waals surface area contributed by atoms with Gasteiger partial charge in [-0.2, -0.15) is 0 Å². The minimum absolute atomic E-state index is 0.253. The van der Waals surface area contributed by atoms with Gasteiger partial charge in [0.15, 0.2) is 0 Å². The number of nitrogens with zero attached hydrogens (tertiary/aromatic N) is 2. The lowest BCUT2D eigenvalue weighted by atomic mass is 10.00. The van der Waals surface area contributed by atoms with Crippen molar-refractivity contribution in [3.05, 3.63) is 59.2 Å². The van der Waals surface area contributed by atoms with E-state index in [-0.39, 0.29) is 11.9 Å². The van der Waals surface area contributed by atoms with Crippen LogP contribution in [0.4, 0.5) is 4.39 Å². The zero-order valence-electron chi connectivity index (χ0n) is 11.7. The van der Waals surface area contributed by atoms with Crippen LogP contribution in [0.15, 0.2) is 36.4 Å². The normalized spacial score (nSPS) is 21.2. The maximum absolute atomic E-state index is 14.2. The van der Waals surface area contributed by atoms with E-state index in [4.69, 9.17) is 0 Å². The van der Waals surface area contributed by atoms with Crippen molar-refractivity contribution in [3.8, 4) is 0 Å². The lowest BCUT2D eigenvalue weighted by molar-refractivity contribution is -0.120. The van der Waals surface area contributed by atoms with E-state index in [1.165, 1.54) is 24.6 Å². The van der Waals surface area contributed by atoms with Gasteiger partial charge in [0.05, 0.1) is 6.04 Å². The van der Waals surface area contributed by atoms with Crippen LogP contribution in [-0.2, 0) is 11.3 Å². The highest BCUT2D eigenvalue weighted by atomic mass is 19.1. The molecule has 2 heterocycles. The van der Waals surface area contributed by atoms with Crippen LogP contribution in [0.25, 0.3) is 0 Å². The summed E-state index contributed by atoms with van der Waals surface area (Å²) in [7, 11) is 0. The fraction of sp³-hybridized carbons (Fsp3) is 0.353. The predicted octanol–water partition coefficient (Wildman–Crippen LogP) is 3.07. The average Bonchev–Trinajstić information content (AvgIpc) is 3.26. The fourth-order valence-electron chi connectivity index (χ4n) is 3.40. The largest absolute Gasteiger partial charge is 0.344 e. The molecule has 1 atom stereocenters. The first kappa shape index (κ1) is 12.6. The summed E-state index contributed by atoms with van der Waals surface area (Å²) in [6, 6.07) is 10.6. The minimum Gasteiger partial charge on any atom is -0.344 e. The van der Waals surface area contributed by atoms with Gasteiger partial charge >= 0.3 is 0 Å². The van der Waals surface area contributed by atoms with Gasteiger partial charge in [0.25, 0.3) is 0 Å². The third kappa shape index (κ3) is 1.97. The first-order valence-electron chi connectivity index (χ1n) is 7.44. The van der Waals surface area contributed by atoms with Crippen LogP contribution in [-0.4, -0.2) is 22.4 Å². The Hall–Kier alpha value is -2.10. The molecule has 2 aliphatic rings. The summed E-state index contributed by atoms with van der Waals surface area (Å²) in [5.74, 6) is 0.403. The van der Waals surface area contributed by atoms with E-state index in [2.05, 4.69) is 16.7 Å². The molecule has 1 aliphatic heterocycles. The molecule has 0 spiro atoms. The highest BCUT2D eigenvalue weighted by molar-refractivity contribution is 5.52. The van der Waals surface area contributed by atoms with Crippen molar-refractivity contribution in [1.29, 1.82) is 0 Å². The molecule has 21 heavy (non-hydrogen) atoms. The van der Waals surface area contributed by atoms with E-state index in [1.54, 1.807) is 17.0 Å². The zero-order valence-corrected chi connectivity index (χ0v) is 11.7. The van der Waals surface area contributed by atoms with Crippen LogP contribution >= 0.6 is 0 Å². The van der Waals surface area contributed by atoms with E-state index < -0.39 is 0 Å². The maximum Gasteiger partial charge on any atom is 0.210 e. The minimum atomic E-state index is -0.315. The van der Waals surface area contributed by atoms with Crippen molar-refractivity contribution in [2.24, 2.45) is 0 Å². The summed E-state index contributed by atoms with van der Waals surface area (Å²) in [6.07, 6.45) is 3.32. The maximum atomic E-state index is 14.2. The molecule has 0 radical (unpaired) electrons. The highest BCUT2D eigenvalue weighted by Crippen LogP contribution is 2.43. The molecule has 4 rings (SSSR count). The monoisotopic (exact) mass is 284 g/mol. The van der Waals surface area contributed by atoms with Crippen molar-refractivity contribution in [3.63, 3.8) is 0 Å². The molecule has 0 N–H and O–H groups in total. The lowest BCUT2D eigenvalue weighted by Crippen LogP contribution is -2.38. The molecular formula is C17H17FN2O. The molecule has 1 aromatic carbocycles. The number of carbonyl (C=O) groups excluding carboxylic acids is 1. The molecule has 0 saturated heterocycles. The number of halogens is 1. The molecular weight excluding hydrogens is 267 g/mol. The quantitative estimate of drug-likeness (QED) is 0.795. The molecule has 4 heteroatoms. The number of fused-ring (bicyclic) bond motifs is 1. The number of amides is 1. The summed E-state index contributed by atoms with van der Waals surface area (Å²) < 4.78 is 16.5. The van der Waals surface area contributed by atoms with Crippen LogP contribution in [0.3, 0.4) is 0 Å². The number of carbonyl (C=O) groups is 1. The Balaban J connectivity index is 1.84. The molecule has 108 valence electrons. The van der Waals surface area contributed by atoms with Gasteiger partial charge in [-0.3, -0.25) is 4.79 Å². The number of rotatable bonds is 3. The number of hydrogen-bond acceptors (Lipinski definition) is 1. The summed E-state index contributed by atoms with van der Waals surface area (Å²) in [6.45, 7) is 1.43. The Morgan fingerprint density at radius 3 is 2.52 bits per heavy atom. The molecule has 1 unspecified atom stereocenters. The Bertz CT molecular complexity index is 690. The second-order valence-corrected chi connectivity index (χ2v) is 5.88. The van der Waals surface area contributed by atoms with Gasteiger partial charge in [0, 0.05) is 30.0 Å². The van der Waals surface area contributed by atoms with Crippen molar-refractivity contribution < 1.29 is 9.18 Å². The van der Waals surface area contributed by atoms with Crippen LogP contribution in [0.1, 0.15) is 41.8 Å². The van der Waals surface area contributed by atoms with Crippen molar-refractivity contribution in [1.82, 2.24) is 9.47 Å². The van der Waals surface area contributed by atoms with Gasteiger partial charge in [-0.25, -0.2) is 4.39 Å². The van der Waals surface area contributed by atoms with Gasteiger partial charge in [-0.05, 0) is 37.0 Å². The third-order valence-electron chi connectivity index (χ3n) is 4.57. The number of hydrogen-bond donors (Lipinski definition) is 0. The summed E-state index contributed by atoms with van der Waals surface area (Å²) in [5.41, 5.74) is 2.95. The SMILES string of the molecule is O=CN1CCn2c(C3CC3)ccc2C1c1ccccc1F. The number of aromatic nitrogens is 1. The van der Waals surface area contributed by atoms with Crippen LogP contribution in [0.5, 0.6) is 0 Å². The van der Waals surface area contributed by atoms with E-state index in [0.29, 0.717) is 18.0 Å². The Morgan fingerprint density at radius 2 is 1.81 bits per heavy atom. The van der Waals surface area contributed by atoms with Crippen molar-refractivity contribution >= 4 is 6.41 Å². The Morgan fingerprint density at radius 1 is 1.05 bits per heavy atom. The van der Waals surface area contributed by atoms with E-state index in [9.17, 15) is 9.18 Å². The Labute approximate surface area is 123 Å². The third-order valence-corrected chi connectivity index (χ3v) is 4.57. The van der Waals surface area contributed by atoms with Gasteiger partial charge in [-0.1, -0.05) is 18.2 Å². The molecule has 1 amide bonds. The van der Waals surface area contributed by atoms with E-state index in [0.717, 1.165) is 18.6 Å². The first-order valence-corrected chi connectivity index (χ1v) is 7.44. The fourth-order valence-corrected chi connectivity index (χ4v) is 3.40. The molecule has 3 nitrogen and oxygen atoms in total. The zero-order chi connectivity index (χ0) is 14.4. The average molecular weight is 284 g/mol.